The SMILES string of the molecule is CC(C)(C)OC(=O)c1ccc(Nc2cc(F)ccc2CN2C(=O)N(c3ccc(C#N)c(C4CC4)c3)C(=O)C2(C)C)cc1. The van der Waals surface area contributed by atoms with Crippen molar-refractivity contribution >= 4 is 35.0 Å². The van der Waals surface area contributed by atoms with Crippen LogP contribution in [0.1, 0.15) is 80.4 Å². The van der Waals surface area contributed by atoms with Crippen LogP contribution >= 0.6 is 0 Å². The second-order valence-electron chi connectivity index (χ2n) is 12.2. The van der Waals surface area contributed by atoms with Gasteiger partial charge in [-0.25, -0.2) is 18.9 Å². The van der Waals surface area contributed by atoms with Crippen molar-refractivity contribution in [1.29, 1.82) is 5.26 Å². The maximum atomic E-state index is 14.4. The van der Waals surface area contributed by atoms with Crippen LogP contribution in [0.15, 0.2) is 60.7 Å². The number of amides is 3. The third kappa shape index (κ3) is 5.70. The number of esters is 1. The molecule has 0 unspecified atom stereocenters. The van der Waals surface area contributed by atoms with Crippen LogP contribution in [-0.2, 0) is 16.1 Å². The lowest BCUT2D eigenvalue weighted by molar-refractivity contribution is -0.123. The van der Waals surface area contributed by atoms with Crippen LogP contribution in [0, 0.1) is 17.1 Å². The summed E-state index contributed by atoms with van der Waals surface area (Å²) in [5.41, 5.74) is 2.05. The fourth-order valence-corrected chi connectivity index (χ4v) is 5.01. The molecule has 3 aromatic carbocycles. The second-order valence-corrected chi connectivity index (χ2v) is 12.2. The Labute approximate surface area is 244 Å². The van der Waals surface area contributed by atoms with E-state index in [0.29, 0.717) is 33.8 Å². The molecule has 3 aromatic rings. The number of carbonyl (C=O) groups is 3. The van der Waals surface area contributed by atoms with Gasteiger partial charge in [0.1, 0.15) is 17.0 Å². The molecule has 0 spiro atoms. The van der Waals surface area contributed by atoms with Crippen LogP contribution in [0.2, 0.25) is 0 Å². The van der Waals surface area contributed by atoms with E-state index in [1.54, 1.807) is 83.1 Å². The molecule has 9 heteroatoms. The Morgan fingerprint density at radius 1 is 1.07 bits per heavy atom. The number of nitrogens with zero attached hydrogens (tertiary/aromatic N) is 3. The second kappa shape index (κ2) is 10.6. The Hall–Kier alpha value is -4.71. The zero-order chi connectivity index (χ0) is 30.4. The molecular weight excluding hydrogens is 535 g/mol. The third-order valence-corrected chi connectivity index (χ3v) is 7.45. The zero-order valence-electron chi connectivity index (χ0n) is 24.3. The topological polar surface area (TPSA) is 103 Å². The van der Waals surface area contributed by atoms with Gasteiger partial charge >= 0.3 is 12.0 Å². The lowest BCUT2D eigenvalue weighted by Crippen LogP contribution is -2.43. The summed E-state index contributed by atoms with van der Waals surface area (Å²) < 4.78 is 19.8. The summed E-state index contributed by atoms with van der Waals surface area (Å²) in [4.78, 5) is 42.3. The van der Waals surface area contributed by atoms with Gasteiger partial charge in [0, 0.05) is 11.4 Å². The number of imide groups is 1. The van der Waals surface area contributed by atoms with E-state index in [2.05, 4.69) is 11.4 Å². The number of hydrogen-bond donors (Lipinski definition) is 1. The number of benzene rings is 3. The van der Waals surface area contributed by atoms with Gasteiger partial charge in [-0.2, -0.15) is 5.26 Å². The molecule has 0 atom stereocenters. The van der Waals surface area contributed by atoms with Crippen LogP contribution in [0.4, 0.5) is 26.2 Å². The van der Waals surface area contributed by atoms with Gasteiger partial charge in [0.2, 0.25) is 0 Å². The molecule has 8 nitrogen and oxygen atoms in total. The van der Waals surface area contributed by atoms with Crippen molar-refractivity contribution in [2.24, 2.45) is 0 Å². The number of ether oxygens (including phenoxy) is 1. The van der Waals surface area contributed by atoms with Crippen LogP contribution in [0.3, 0.4) is 0 Å². The molecule has 1 heterocycles. The van der Waals surface area contributed by atoms with Crippen molar-refractivity contribution < 1.29 is 23.5 Å². The van der Waals surface area contributed by atoms with Crippen molar-refractivity contribution in [2.45, 2.75) is 71.1 Å². The van der Waals surface area contributed by atoms with Crippen LogP contribution < -0.4 is 10.2 Å². The third-order valence-electron chi connectivity index (χ3n) is 7.45. The lowest BCUT2D eigenvalue weighted by Gasteiger charge is -2.28. The summed E-state index contributed by atoms with van der Waals surface area (Å²) >= 11 is 0. The fourth-order valence-electron chi connectivity index (χ4n) is 5.01. The molecule has 5 rings (SSSR count). The first-order valence-electron chi connectivity index (χ1n) is 13.9. The van der Waals surface area contributed by atoms with Crippen molar-refractivity contribution in [3.8, 4) is 6.07 Å². The molecule has 1 aliphatic carbocycles. The van der Waals surface area contributed by atoms with Crippen molar-refractivity contribution in [3.05, 3.63) is 88.7 Å². The summed E-state index contributed by atoms with van der Waals surface area (Å²) in [6.45, 7) is 8.79. The van der Waals surface area contributed by atoms with Gasteiger partial charge < -0.3 is 15.0 Å². The molecule has 0 aromatic heterocycles. The Morgan fingerprint density at radius 3 is 2.38 bits per heavy atom. The summed E-state index contributed by atoms with van der Waals surface area (Å²) in [5.74, 6) is -1.03. The van der Waals surface area contributed by atoms with Crippen LogP contribution in [-0.4, -0.2) is 33.9 Å². The molecule has 1 saturated heterocycles. The van der Waals surface area contributed by atoms with E-state index >= 15 is 0 Å². The number of carbonyl (C=O) groups excluding carboxylic acids is 3. The highest BCUT2D eigenvalue weighted by Gasteiger charge is 2.52. The minimum Gasteiger partial charge on any atom is -0.456 e. The maximum Gasteiger partial charge on any atom is 0.338 e. The molecule has 2 fully saturated rings. The standard InChI is InChI=1S/C33H33FN4O4/c1-32(2,3)42-29(39)21-9-13-25(14-10-21)36-28-16-24(34)12-8-23(28)19-37-31(41)38(30(40)33(37,4)5)26-15-11-22(18-35)27(17-26)20-6-7-20/h8-17,20,36H,6-7,19H2,1-5H3. The molecular formula is C33H33FN4O4. The van der Waals surface area contributed by atoms with Gasteiger partial charge in [-0.1, -0.05) is 6.07 Å². The summed E-state index contributed by atoms with van der Waals surface area (Å²) in [5, 5.41) is 12.7. The van der Waals surface area contributed by atoms with Crippen molar-refractivity contribution in [2.75, 3.05) is 10.2 Å². The summed E-state index contributed by atoms with van der Waals surface area (Å²) in [6, 6.07) is 17.6. The Balaban J connectivity index is 1.39. The minimum atomic E-state index is -1.18. The van der Waals surface area contributed by atoms with Gasteiger partial charge in [0.25, 0.3) is 5.91 Å². The smallest absolute Gasteiger partial charge is 0.338 e. The van der Waals surface area contributed by atoms with Crippen molar-refractivity contribution in [3.63, 3.8) is 0 Å². The van der Waals surface area contributed by atoms with Crippen molar-refractivity contribution in [1.82, 2.24) is 4.90 Å². The summed E-state index contributed by atoms with van der Waals surface area (Å²) in [6.07, 6.45) is 1.95. The van der Waals surface area contributed by atoms with E-state index in [1.165, 1.54) is 21.9 Å². The lowest BCUT2D eigenvalue weighted by atomic mass is 10.0. The van der Waals surface area contributed by atoms with Crippen LogP contribution in [0.5, 0.6) is 0 Å². The van der Waals surface area contributed by atoms with E-state index < -0.39 is 29.0 Å². The Morgan fingerprint density at radius 2 is 1.76 bits per heavy atom. The van der Waals surface area contributed by atoms with E-state index in [-0.39, 0.29) is 18.4 Å². The molecule has 1 aliphatic heterocycles. The van der Waals surface area contributed by atoms with Gasteiger partial charge in [-0.15, -0.1) is 0 Å². The molecule has 1 N–H and O–H groups in total. The highest BCUT2D eigenvalue weighted by atomic mass is 19.1. The number of nitrogens with one attached hydrogen (secondary N) is 1. The molecule has 1 saturated carbocycles. The number of halogens is 1. The molecule has 3 amide bonds. The normalized spacial score (nSPS) is 16.4. The Bertz CT molecular complexity index is 1610. The predicted molar refractivity (Wildman–Crippen MR) is 157 cm³/mol. The highest BCUT2D eigenvalue weighted by Crippen LogP contribution is 2.44. The minimum absolute atomic E-state index is 0.0401. The van der Waals surface area contributed by atoms with E-state index in [4.69, 9.17) is 4.74 Å². The molecule has 0 bridgehead atoms. The van der Waals surface area contributed by atoms with Gasteiger partial charge in [0.05, 0.1) is 29.4 Å². The molecule has 2 aliphatic rings. The number of urea groups is 1. The van der Waals surface area contributed by atoms with Gasteiger partial charge in [-0.3, -0.25) is 4.79 Å². The first-order chi connectivity index (χ1) is 19.8. The Kier molecular flexibility index (Phi) is 7.27. The molecule has 42 heavy (non-hydrogen) atoms. The van der Waals surface area contributed by atoms with Gasteiger partial charge in [0.15, 0.2) is 0 Å². The molecule has 0 radical (unpaired) electrons. The zero-order valence-corrected chi connectivity index (χ0v) is 24.3. The van der Waals surface area contributed by atoms with E-state index in [0.717, 1.165) is 18.4 Å². The first kappa shape index (κ1) is 28.8. The number of nitriles is 1. The molecule has 216 valence electrons. The average molecular weight is 569 g/mol. The van der Waals surface area contributed by atoms with Crippen LogP contribution in [0.25, 0.3) is 0 Å². The predicted octanol–water partition coefficient (Wildman–Crippen LogP) is 7.02. The quantitative estimate of drug-likeness (QED) is 0.243. The average Bonchev–Trinajstić information content (AvgIpc) is 3.75. The highest BCUT2D eigenvalue weighted by molar-refractivity contribution is 6.23. The number of hydrogen-bond acceptors (Lipinski definition) is 6. The maximum absolute atomic E-state index is 14.4. The number of anilines is 3. The first-order valence-corrected chi connectivity index (χ1v) is 13.9. The monoisotopic (exact) mass is 568 g/mol. The fraction of sp³-hybridized carbons (Fsp3) is 0.333. The largest absolute Gasteiger partial charge is 0.456 e. The summed E-state index contributed by atoms with van der Waals surface area (Å²) in [7, 11) is 0. The number of rotatable bonds is 7. The van der Waals surface area contributed by atoms with E-state index in [1.807, 2.05) is 0 Å². The van der Waals surface area contributed by atoms with Gasteiger partial charge in [-0.05, 0) is 119 Å². The van der Waals surface area contributed by atoms with E-state index in [9.17, 15) is 24.0 Å².